The van der Waals surface area contributed by atoms with E-state index in [0.717, 1.165) is 11.4 Å². The minimum Gasteiger partial charge on any atom is -0.372 e. The van der Waals surface area contributed by atoms with Gasteiger partial charge in [0.15, 0.2) is 0 Å². The summed E-state index contributed by atoms with van der Waals surface area (Å²) in [4.78, 5) is 26.0. The summed E-state index contributed by atoms with van der Waals surface area (Å²) in [5, 5.41) is 5.86. The van der Waals surface area contributed by atoms with E-state index in [9.17, 15) is 9.59 Å². The minimum absolute atomic E-state index is 0.00439. The van der Waals surface area contributed by atoms with Crippen molar-refractivity contribution in [2.24, 2.45) is 0 Å². The molecule has 2 aliphatic rings. The molecule has 1 aromatic carbocycles. The topological polar surface area (TPSA) is 70.7 Å². The van der Waals surface area contributed by atoms with Gasteiger partial charge in [0, 0.05) is 19.2 Å². The van der Waals surface area contributed by atoms with Crippen LogP contribution in [0.25, 0.3) is 0 Å². The van der Waals surface area contributed by atoms with Crippen LogP contribution in [0.15, 0.2) is 24.3 Å². The maximum absolute atomic E-state index is 12.2. The van der Waals surface area contributed by atoms with Crippen LogP contribution in [0.2, 0.25) is 0 Å². The largest absolute Gasteiger partial charge is 0.372 e. The third-order valence-electron chi connectivity index (χ3n) is 3.88. The molecule has 2 heterocycles. The van der Waals surface area contributed by atoms with Crippen molar-refractivity contribution in [3.63, 3.8) is 0 Å². The predicted octanol–water partition coefficient (Wildman–Crippen LogP) is 0.739. The third-order valence-corrected chi connectivity index (χ3v) is 3.88. The highest BCUT2D eigenvalue weighted by atomic mass is 16.5. The van der Waals surface area contributed by atoms with Gasteiger partial charge in [0.1, 0.15) is 12.6 Å². The first kappa shape index (κ1) is 13.9. The fraction of sp³-hybridized carbons (Fsp3) is 0.467. The normalized spacial score (nSPS) is 23.3. The van der Waals surface area contributed by atoms with Crippen LogP contribution in [0.3, 0.4) is 0 Å². The molecule has 6 nitrogen and oxygen atoms in total. The number of hydrogen-bond donors (Lipinski definition) is 2. The number of carbonyl (C=O) groups excluding carboxylic acids is 2. The van der Waals surface area contributed by atoms with Crippen molar-refractivity contribution in [1.82, 2.24) is 5.32 Å². The van der Waals surface area contributed by atoms with Gasteiger partial charge in [0.25, 0.3) is 0 Å². The van der Waals surface area contributed by atoms with Crippen LogP contribution in [0.5, 0.6) is 0 Å². The highest BCUT2D eigenvalue weighted by Crippen LogP contribution is 2.36. The lowest BCUT2D eigenvalue weighted by Gasteiger charge is -2.32. The number of benzene rings is 1. The fourth-order valence-corrected chi connectivity index (χ4v) is 2.97. The Bertz CT molecular complexity index is 561. The molecule has 0 spiro atoms. The molecule has 2 N–H and O–H groups in total. The average Bonchev–Trinajstić information content (AvgIpc) is 2.90. The van der Waals surface area contributed by atoms with E-state index >= 15 is 0 Å². The molecule has 112 valence electrons. The zero-order valence-electron chi connectivity index (χ0n) is 12.0. The third kappa shape index (κ3) is 2.71. The van der Waals surface area contributed by atoms with Gasteiger partial charge in [-0.1, -0.05) is 12.1 Å². The van der Waals surface area contributed by atoms with Gasteiger partial charge in [0.05, 0.1) is 11.4 Å². The predicted molar refractivity (Wildman–Crippen MR) is 79.2 cm³/mol. The van der Waals surface area contributed by atoms with Crippen LogP contribution >= 0.6 is 0 Å². The maximum atomic E-state index is 12.2. The molecule has 0 radical (unpaired) electrons. The molecule has 21 heavy (non-hydrogen) atoms. The van der Waals surface area contributed by atoms with Crippen LogP contribution in [0, 0.1) is 0 Å². The van der Waals surface area contributed by atoms with E-state index in [1.807, 2.05) is 31.2 Å². The van der Waals surface area contributed by atoms with Gasteiger partial charge in [-0.05, 0) is 25.5 Å². The first-order valence-electron chi connectivity index (χ1n) is 7.22. The number of amides is 2. The minimum atomic E-state index is -0.211. The number of nitrogens with one attached hydrogen (secondary N) is 2. The Morgan fingerprint density at radius 3 is 3.10 bits per heavy atom. The van der Waals surface area contributed by atoms with E-state index in [-0.39, 0.29) is 30.5 Å². The van der Waals surface area contributed by atoms with Crippen molar-refractivity contribution in [3.05, 3.63) is 24.3 Å². The van der Waals surface area contributed by atoms with Gasteiger partial charge < -0.3 is 20.3 Å². The summed E-state index contributed by atoms with van der Waals surface area (Å²) < 4.78 is 5.10. The second-order valence-corrected chi connectivity index (χ2v) is 5.31. The smallest absolute Gasteiger partial charge is 0.247 e. The molecular formula is C15H19N3O3. The molecule has 1 fully saturated rings. The summed E-state index contributed by atoms with van der Waals surface area (Å²) >= 11 is 0. The molecule has 1 saturated heterocycles. The first-order valence-corrected chi connectivity index (χ1v) is 7.22. The van der Waals surface area contributed by atoms with Crippen molar-refractivity contribution < 1.29 is 14.3 Å². The number of fused-ring (bicyclic) bond motifs is 3. The summed E-state index contributed by atoms with van der Waals surface area (Å²) in [7, 11) is 0. The van der Waals surface area contributed by atoms with Gasteiger partial charge in [-0.15, -0.1) is 0 Å². The Hall–Kier alpha value is -2.08. The van der Waals surface area contributed by atoms with Crippen molar-refractivity contribution in [1.29, 1.82) is 0 Å². The average molecular weight is 289 g/mol. The molecule has 3 rings (SSSR count). The standard InChI is InChI=1S/C15H19N3O3/c1-2-21-9-14(19)16-10-7-13-15(20)17-11-5-3-4-6-12(11)18(13)8-10/h3-6,10,13H,2,7-9H2,1H3,(H,16,19)(H,17,20). The number of anilines is 2. The second-order valence-electron chi connectivity index (χ2n) is 5.31. The SMILES string of the molecule is CCOCC(=O)NC1CC2C(=O)Nc3ccccc3N2C1. The van der Waals surface area contributed by atoms with Gasteiger partial charge >= 0.3 is 0 Å². The number of carbonyl (C=O) groups is 2. The van der Waals surface area contributed by atoms with Crippen LogP contribution in [-0.2, 0) is 14.3 Å². The summed E-state index contributed by atoms with van der Waals surface area (Å²) in [6, 6.07) is 7.50. The van der Waals surface area contributed by atoms with Crippen LogP contribution in [0.4, 0.5) is 11.4 Å². The molecular weight excluding hydrogens is 270 g/mol. The molecule has 0 aromatic heterocycles. The fourth-order valence-electron chi connectivity index (χ4n) is 2.97. The number of nitrogens with zero attached hydrogens (tertiary/aromatic N) is 1. The molecule has 0 saturated carbocycles. The molecule has 0 aliphatic carbocycles. The Balaban J connectivity index is 1.70. The molecule has 2 amide bonds. The maximum Gasteiger partial charge on any atom is 0.247 e. The molecule has 6 heteroatoms. The first-order chi connectivity index (χ1) is 10.2. The van der Waals surface area contributed by atoms with Gasteiger partial charge in [-0.3, -0.25) is 9.59 Å². The highest BCUT2D eigenvalue weighted by Gasteiger charge is 2.41. The zero-order chi connectivity index (χ0) is 14.8. The summed E-state index contributed by atoms with van der Waals surface area (Å²) in [6.45, 7) is 3.08. The lowest BCUT2D eigenvalue weighted by atomic mass is 10.1. The van der Waals surface area contributed by atoms with E-state index in [2.05, 4.69) is 15.5 Å². The van der Waals surface area contributed by atoms with E-state index in [1.165, 1.54) is 0 Å². The molecule has 0 bridgehead atoms. The lowest BCUT2D eigenvalue weighted by molar-refractivity contribution is -0.126. The van der Waals surface area contributed by atoms with Crippen LogP contribution < -0.4 is 15.5 Å². The second kappa shape index (κ2) is 5.73. The van der Waals surface area contributed by atoms with E-state index in [1.54, 1.807) is 0 Å². The Labute approximate surface area is 123 Å². The van der Waals surface area contributed by atoms with Crippen molar-refractivity contribution in [2.75, 3.05) is 30.0 Å². The quantitative estimate of drug-likeness (QED) is 0.857. The molecule has 1 aromatic rings. The number of rotatable bonds is 4. The van der Waals surface area contributed by atoms with Gasteiger partial charge in [0.2, 0.25) is 11.8 Å². The summed E-state index contributed by atoms with van der Waals surface area (Å²) in [5.41, 5.74) is 1.85. The van der Waals surface area contributed by atoms with Gasteiger partial charge in [-0.2, -0.15) is 0 Å². The van der Waals surface area contributed by atoms with Crippen LogP contribution in [-0.4, -0.2) is 43.7 Å². The van der Waals surface area contributed by atoms with Crippen LogP contribution in [0.1, 0.15) is 13.3 Å². The summed E-state index contributed by atoms with van der Waals surface area (Å²) in [5.74, 6) is -0.134. The molecule has 2 atom stereocenters. The monoisotopic (exact) mass is 289 g/mol. The van der Waals surface area contributed by atoms with Crippen molar-refractivity contribution in [2.45, 2.75) is 25.4 Å². The molecule has 2 aliphatic heterocycles. The zero-order valence-corrected chi connectivity index (χ0v) is 12.0. The number of para-hydroxylation sites is 2. The number of ether oxygens (including phenoxy) is 1. The lowest BCUT2D eigenvalue weighted by Crippen LogP contribution is -2.44. The Morgan fingerprint density at radius 1 is 1.48 bits per heavy atom. The summed E-state index contributed by atoms with van der Waals surface area (Å²) in [6.07, 6.45) is 0.623. The van der Waals surface area contributed by atoms with E-state index < -0.39 is 0 Å². The van der Waals surface area contributed by atoms with Crippen molar-refractivity contribution >= 4 is 23.2 Å². The van der Waals surface area contributed by atoms with Crippen molar-refractivity contribution in [3.8, 4) is 0 Å². The highest BCUT2D eigenvalue weighted by molar-refractivity contribution is 6.04. The van der Waals surface area contributed by atoms with E-state index in [4.69, 9.17) is 4.74 Å². The Morgan fingerprint density at radius 2 is 2.29 bits per heavy atom. The van der Waals surface area contributed by atoms with Gasteiger partial charge in [-0.25, -0.2) is 0 Å². The Kier molecular flexibility index (Phi) is 3.79. The number of hydrogen-bond acceptors (Lipinski definition) is 4. The molecule has 2 unspecified atom stereocenters. The van der Waals surface area contributed by atoms with E-state index in [0.29, 0.717) is 19.6 Å².